The zero-order chi connectivity index (χ0) is 23.9. The van der Waals surface area contributed by atoms with Crippen molar-refractivity contribution in [2.45, 2.75) is 50.5 Å². The number of methoxy groups -OCH3 is 1. The van der Waals surface area contributed by atoms with Crippen LogP contribution in [0.4, 0.5) is 10.1 Å². The molecule has 1 saturated heterocycles. The lowest BCUT2D eigenvalue weighted by Crippen LogP contribution is -2.47. The number of hydrogen-bond donors (Lipinski definition) is 1. The molecule has 2 atom stereocenters. The van der Waals surface area contributed by atoms with Gasteiger partial charge in [0, 0.05) is 38.2 Å². The first-order chi connectivity index (χ1) is 16.6. The first-order valence-corrected chi connectivity index (χ1v) is 12.6. The number of aliphatic hydroxyl groups excluding tert-OH is 1. The van der Waals surface area contributed by atoms with Crippen molar-refractivity contribution in [2.24, 2.45) is 5.92 Å². The Hall–Kier alpha value is -2.62. The minimum Gasteiger partial charge on any atom is -0.494 e. The van der Waals surface area contributed by atoms with Gasteiger partial charge in [0.05, 0.1) is 30.5 Å². The molecular formula is C28H36FN3O2. The number of rotatable bonds is 8. The van der Waals surface area contributed by atoms with Crippen molar-refractivity contribution in [3.8, 4) is 11.8 Å². The van der Waals surface area contributed by atoms with E-state index < -0.39 is 6.10 Å². The number of nitriles is 1. The lowest BCUT2D eigenvalue weighted by Gasteiger charge is -2.38. The summed E-state index contributed by atoms with van der Waals surface area (Å²) in [4.78, 5) is 4.68. The van der Waals surface area contributed by atoms with E-state index in [2.05, 4.69) is 15.9 Å². The molecule has 5 nitrogen and oxygen atoms in total. The molecule has 2 aromatic carbocycles. The van der Waals surface area contributed by atoms with Crippen molar-refractivity contribution in [1.29, 1.82) is 5.26 Å². The monoisotopic (exact) mass is 465 g/mol. The zero-order valence-electron chi connectivity index (χ0n) is 20.1. The van der Waals surface area contributed by atoms with Gasteiger partial charge in [-0.25, -0.2) is 4.39 Å². The first kappa shape index (κ1) is 24.5. The lowest BCUT2D eigenvalue weighted by atomic mass is 9.76. The number of aliphatic hydroxyl groups is 1. The molecule has 1 aliphatic carbocycles. The fourth-order valence-corrected chi connectivity index (χ4v) is 5.68. The topological polar surface area (TPSA) is 59.7 Å². The molecular weight excluding hydrogens is 429 g/mol. The van der Waals surface area contributed by atoms with Gasteiger partial charge in [0.1, 0.15) is 11.6 Å². The van der Waals surface area contributed by atoms with Crippen molar-refractivity contribution >= 4 is 5.69 Å². The van der Waals surface area contributed by atoms with E-state index in [4.69, 9.17) is 4.74 Å². The summed E-state index contributed by atoms with van der Waals surface area (Å²) in [5, 5.41) is 21.1. The molecule has 0 amide bonds. The molecule has 0 spiro atoms. The molecule has 1 N–H and O–H groups in total. The maximum Gasteiger partial charge on any atom is 0.145 e. The van der Waals surface area contributed by atoms with Crippen LogP contribution in [0, 0.1) is 23.1 Å². The van der Waals surface area contributed by atoms with Crippen LogP contribution in [-0.4, -0.2) is 55.9 Å². The average Bonchev–Trinajstić information content (AvgIpc) is 2.89. The van der Waals surface area contributed by atoms with Crippen molar-refractivity contribution in [3.05, 3.63) is 59.4 Å². The number of piperazine rings is 1. The molecule has 0 bridgehead atoms. The molecule has 34 heavy (non-hydrogen) atoms. The van der Waals surface area contributed by atoms with E-state index in [0.29, 0.717) is 17.2 Å². The summed E-state index contributed by atoms with van der Waals surface area (Å²) < 4.78 is 19.0. The maximum atomic E-state index is 13.6. The SMILES string of the molecule is COc1cc(F)ccc1N1CCN(CCC(c2ccccc2C#N)C(O)C2CCCCC2)CC1. The van der Waals surface area contributed by atoms with Crippen molar-refractivity contribution in [1.82, 2.24) is 4.90 Å². The number of anilines is 1. The number of halogens is 1. The lowest BCUT2D eigenvalue weighted by molar-refractivity contribution is 0.0535. The molecule has 2 aliphatic rings. The van der Waals surface area contributed by atoms with Crippen LogP contribution in [0.25, 0.3) is 0 Å². The third kappa shape index (κ3) is 5.71. The minimum absolute atomic E-state index is 0.0332. The third-order valence-corrected chi connectivity index (χ3v) is 7.64. The summed E-state index contributed by atoms with van der Waals surface area (Å²) in [6.45, 7) is 4.35. The van der Waals surface area contributed by atoms with Crippen molar-refractivity contribution in [3.63, 3.8) is 0 Å². The second kappa shape index (κ2) is 11.7. The predicted molar refractivity (Wildman–Crippen MR) is 133 cm³/mol. The smallest absolute Gasteiger partial charge is 0.145 e. The maximum absolute atomic E-state index is 13.6. The highest BCUT2D eigenvalue weighted by Gasteiger charge is 2.32. The second-order valence-corrected chi connectivity index (χ2v) is 9.63. The quantitative estimate of drug-likeness (QED) is 0.598. The summed E-state index contributed by atoms with van der Waals surface area (Å²) in [6, 6.07) is 14.8. The van der Waals surface area contributed by atoms with Crippen LogP contribution >= 0.6 is 0 Å². The van der Waals surface area contributed by atoms with Gasteiger partial charge in [-0.3, -0.25) is 4.90 Å². The van der Waals surface area contributed by atoms with Crippen molar-refractivity contribution < 1.29 is 14.2 Å². The summed E-state index contributed by atoms with van der Waals surface area (Å²) in [7, 11) is 1.57. The predicted octanol–water partition coefficient (Wildman–Crippen LogP) is 4.94. The highest BCUT2D eigenvalue weighted by molar-refractivity contribution is 5.59. The Labute approximate surface area is 202 Å². The molecule has 1 aliphatic heterocycles. The molecule has 1 heterocycles. The van der Waals surface area contributed by atoms with E-state index in [-0.39, 0.29) is 11.7 Å². The summed E-state index contributed by atoms with van der Waals surface area (Å²) in [5.41, 5.74) is 2.59. The van der Waals surface area contributed by atoms with Gasteiger partial charge in [0.2, 0.25) is 0 Å². The van der Waals surface area contributed by atoms with Crippen LogP contribution in [0.5, 0.6) is 5.75 Å². The van der Waals surface area contributed by atoms with E-state index in [9.17, 15) is 14.8 Å². The Morgan fingerprint density at radius 2 is 1.82 bits per heavy atom. The van der Waals surface area contributed by atoms with Crippen LogP contribution in [0.3, 0.4) is 0 Å². The standard InChI is InChI=1S/C28H36FN3O2/c1-34-27-19-23(29)11-12-26(27)32-17-15-31(16-18-32)14-13-25(24-10-6-5-9-22(24)20-30)28(33)21-7-3-2-4-8-21/h5-6,9-12,19,21,25,28,33H,2-4,7-8,13-18H2,1H3. The fraction of sp³-hybridized carbons (Fsp3) is 0.536. The van der Waals surface area contributed by atoms with Crippen LogP contribution in [0.1, 0.15) is 55.6 Å². The summed E-state index contributed by atoms with van der Waals surface area (Å²) >= 11 is 0. The Bertz CT molecular complexity index is 978. The van der Waals surface area contributed by atoms with Crippen molar-refractivity contribution in [2.75, 3.05) is 44.7 Å². The van der Waals surface area contributed by atoms with Gasteiger partial charge in [-0.15, -0.1) is 0 Å². The van der Waals surface area contributed by atoms with Crippen LogP contribution in [0.15, 0.2) is 42.5 Å². The van der Waals surface area contributed by atoms with Gasteiger partial charge in [-0.2, -0.15) is 5.26 Å². The number of ether oxygens (including phenoxy) is 1. The molecule has 2 unspecified atom stereocenters. The zero-order valence-corrected chi connectivity index (χ0v) is 20.1. The van der Waals surface area contributed by atoms with Gasteiger partial charge < -0.3 is 14.7 Å². The largest absolute Gasteiger partial charge is 0.494 e. The van der Waals surface area contributed by atoms with E-state index in [0.717, 1.165) is 63.2 Å². The second-order valence-electron chi connectivity index (χ2n) is 9.63. The normalized spacial score (nSPS) is 19.4. The van der Waals surface area contributed by atoms with E-state index in [1.807, 2.05) is 24.3 Å². The average molecular weight is 466 g/mol. The Morgan fingerprint density at radius 1 is 1.09 bits per heavy atom. The summed E-state index contributed by atoms with van der Waals surface area (Å²) in [6.07, 6.45) is 6.18. The van der Waals surface area contributed by atoms with Gasteiger partial charge in [-0.1, -0.05) is 37.5 Å². The summed E-state index contributed by atoms with van der Waals surface area (Å²) in [5.74, 6) is 0.555. The molecule has 0 aromatic heterocycles. The van der Waals surface area contributed by atoms with Gasteiger partial charge in [0.25, 0.3) is 0 Å². The Balaban J connectivity index is 1.41. The molecule has 2 aromatic rings. The molecule has 1 saturated carbocycles. The molecule has 6 heteroatoms. The third-order valence-electron chi connectivity index (χ3n) is 7.64. The van der Waals surface area contributed by atoms with Crippen LogP contribution < -0.4 is 9.64 Å². The van der Waals surface area contributed by atoms with Crippen LogP contribution in [0.2, 0.25) is 0 Å². The van der Waals surface area contributed by atoms with Gasteiger partial charge in [0.15, 0.2) is 0 Å². The fourth-order valence-electron chi connectivity index (χ4n) is 5.68. The Morgan fingerprint density at radius 3 is 2.53 bits per heavy atom. The molecule has 2 fully saturated rings. The first-order valence-electron chi connectivity index (χ1n) is 12.6. The van der Waals surface area contributed by atoms with Crippen LogP contribution in [-0.2, 0) is 0 Å². The number of benzene rings is 2. The van der Waals surface area contributed by atoms with E-state index in [1.54, 1.807) is 13.2 Å². The Kier molecular flexibility index (Phi) is 8.42. The molecule has 182 valence electrons. The number of hydrogen-bond acceptors (Lipinski definition) is 5. The highest BCUT2D eigenvalue weighted by atomic mass is 19.1. The molecule has 4 rings (SSSR count). The van der Waals surface area contributed by atoms with E-state index >= 15 is 0 Å². The van der Waals surface area contributed by atoms with Gasteiger partial charge >= 0.3 is 0 Å². The number of nitrogens with zero attached hydrogens (tertiary/aromatic N) is 3. The highest BCUT2D eigenvalue weighted by Crippen LogP contribution is 2.37. The van der Waals surface area contributed by atoms with Gasteiger partial charge in [-0.05, 0) is 55.5 Å². The van der Waals surface area contributed by atoms with E-state index in [1.165, 1.54) is 31.4 Å². The molecule has 0 radical (unpaired) electrons. The minimum atomic E-state index is -0.417.